The Kier molecular flexibility index (Phi) is 5.70. The molecule has 0 bridgehead atoms. The first-order chi connectivity index (χ1) is 9.88. The van der Waals surface area contributed by atoms with Gasteiger partial charge in [-0.2, -0.15) is 18.3 Å². The third-order valence-corrected chi connectivity index (χ3v) is 2.18. The number of oxime groups is 1. The first kappa shape index (κ1) is 16.5. The van der Waals surface area contributed by atoms with Crippen LogP contribution in [0.2, 0.25) is 0 Å². The maximum Gasteiger partial charge on any atom is 0.416 e. The van der Waals surface area contributed by atoms with Crippen LogP contribution in [-0.2, 0) is 15.7 Å². The SMILES string of the molecule is CCOC(=O)C(/C=N\O)=N\Nc1ccc(C(F)(F)F)cc1. The minimum Gasteiger partial charge on any atom is -0.461 e. The van der Waals surface area contributed by atoms with E-state index in [4.69, 9.17) is 5.21 Å². The van der Waals surface area contributed by atoms with E-state index in [-0.39, 0.29) is 18.0 Å². The van der Waals surface area contributed by atoms with E-state index in [0.717, 1.165) is 30.5 Å². The Morgan fingerprint density at radius 1 is 1.38 bits per heavy atom. The molecule has 6 nitrogen and oxygen atoms in total. The average molecular weight is 303 g/mol. The summed E-state index contributed by atoms with van der Waals surface area (Å²) in [5.74, 6) is -0.838. The Bertz CT molecular complexity index is 539. The molecule has 0 saturated heterocycles. The van der Waals surface area contributed by atoms with Gasteiger partial charge in [0.25, 0.3) is 0 Å². The maximum atomic E-state index is 12.4. The molecule has 2 N–H and O–H groups in total. The zero-order valence-corrected chi connectivity index (χ0v) is 10.9. The summed E-state index contributed by atoms with van der Waals surface area (Å²) in [6, 6.07) is 4.01. The second-order valence-corrected chi connectivity index (χ2v) is 3.65. The number of ether oxygens (including phenoxy) is 1. The van der Waals surface area contributed by atoms with Gasteiger partial charge in [-0.05, 0) is 31.2 Å². The number of nitrogens with one attached hydrogen (secondary N) is 1. The van der Waals surface area contributed by atoms with Gasteiger partial charge in [0.2, 0.25) is 0 Å². The zero-order valence-electron chi connectivity index (χ0n) is 10.9. The maximum absolute atomic E-state index is 12.4. The molecule has 1 aromatic carbocycles. The lowest BCUT2D eigenvalue weighted by molar-refractivity contribution is -0.137. The van der Waals surface area contributed by atoms with Crippen molar-refractivity contribution in [2.45, 2.75) is 13.1 Å². The lowest BCUT2D eigenvalue weighted by Crippen LogP contribution is -2.20. The molecule has 0 fully saturated rings. The smallest absolute Gasteiger partial charge is 0.416 e. The fourth-order valence-corrected chi connectivity index (χ4v) is 1.25. The second kappa shape index (κ2) is 7.27. The monoisotopic (exact) mass is 303 g/mol. The molecule has 0 atom stereocenters. The Hall–Kier alpha value is -2.58. The van der Waals surface area contributed by atoms with Gasteiger partial charge in [0, 0.05) is 0 Å². The van der Waals surface area contributed by atoms with Gasteiger partial charge in [-0.1, -0.05) is 5.16 Å². The van der Waals surface area contributed by atoms with Crippen LogP contribution in [0.25, 0.3) is 0 Å². The van der Waals surface area contributed by atoms with Crippen LogP contribution in [0.4, 0.5) is 18.9 Å². The number of hydrazone groups is 1. The molecule has 1 aromatic rings. The molecule has 0 unspecified atom stereocenters. The van der Waals surface area contributed by atoms with Crippen LogP contribution in [0.1, 0.15) is 12.5 Å². The zero-order chi connectivity index (χ0) is 15.9. The molecule has 0 spiro atoms. The van der Waals surface area contributed by atoms with Gasteiger partial charge in [0.1, 0.15) is 6.21 Å². The highest BCUT2D eigenvalue weighted by atomic mass is 19.4. The van der Waals surface area contributed by atoms with Crippen LogP contribution in [0.3, 0.4) is 0 Å². The van der Waals surface area contributed by atoms with Crippen molar-refractivity contribution in [2.75, 3.05) is 12.0 Å². The lowest BCUT2D eigenvalue weighted by Gasteiger charge is -2.07. The van der Waals surface area contributed by atoms with Crippen LogP contribution >= 0.6 is 0 Å². The molecule has 21 heavy (non-hydrogen) atoms. The number of esters is 1. The molecule has 0 aromatic heterocycles. The highest BCUT2D eigenvalue weighted by molar-refractivity contribution is 6.59. The molecule has 0 heterocycles. The number of anilines is 1. The van der Waals surface area contributed by atoms with Crippen molar-refractivity contribution < 1.29 is 27.9 Å². The van der Waals surface area contributed by atoms with Gasteiger partial charge < -0.3 is 9.94 Å². The highest BCUT2D eigenvalue weighted by Gasteiger charge is 2.29. The van der Waals surface area contributed by atoms with E-state index in [2.05, 4.69) is 20.4 Å². The Labute approximate surface area is 117 Å². The number of carbonyl (C=O) groups excluding carboxylic acids is 1. The number of alkyl halides is 3. The summed E-state index contributed by atoms with van der Waals surface area (Å²) < 4.78 is 41.8. The molecule has 0 saturated carbocycles. The Morgan fingerprint density at radius 3 is 2.48 bits per heavy atom. The van der Waals surface area contributed by atoms with Crippen molar-refractivity contribution in [3.05, 3.63) is 29.8 Å². The third kappa shape index (κ3) is 5.13. The summed E-state index contributed by atoms with van der Waals surface area (Å²) >= 11 is 0. The summed E-state index contributed by atoms with van der Waals surface area (Å²) in [7, 11) is 0. The van der Waals surface area contributed by atoms with Crippen molar-refractivity contribution in [3.63, 3.8) is 0 Å². The highest BCUT2D eigenvalue weighted by Crippen LogP contribution is 2.29. The summed E-state index contributed by atoms with van der Waals surface area (Å²) in [6.45, 7) is 1.67. The quantitative estimate of drug-likeness (QED) is 0.379. The van der Waals surface area contributed by atoms with Crippen LogP contribution in [0.5, 0.6) is 0 Å². The molecule has 1 rings (SSSR count). The lowest BCUT2D eigenvalue weighted by atomic mass is 10.2. The molecule has 9 heteroatoms. The minimum atomic E-state index is -4.43. The van der Waals surface area contributed by atoms with Crippen molar-refractivity contribution in [1.82, 2.24) is 0 Å². The van der Waals surface area contributed by atoms with Gasteiger partial charge in [0.05, 0.1) is 17.9 Å². The fraction of sp³-hybridized carbons (Fsp3) is 0.250. The van der Waals surface area contributed by atoms with Crippen molar-refractivity contribution in [1.29, 1.82) is 0 Å². The number of benzene rings is 1. The van der Waals surface area contributed by atoms with Crippen LogP contribution in [0.15, 0.2) is 34.5 Å². The summed E-state index contributed by atoms with van der Waals surface area (Å²) in [4.78, 5) is 11.4. The number of nitrogens with zero attached hydrogens (tertiary/aromatic N) is 2. The largest absolute Gasteiger partial charge is 0.461 e. The Balaban J connectivity index is 2.83. The topological polar surface area (TPSA) is 83.3 Å². The number of carbonyl (C=O) groups is 1. The van der Waals surface area contributed by atoms with E-state index in [1.807, 2.05) is 0 Å². The minimum absolute atomic E-state index is 0.0946. The van der Waals surface area contributed by atoms with Crippen molar-refractivity contribution in [2.24, 2.45) is 10.3 Å². The molecular weight excluding hydrogens is 291 g/mol. The third-order valence-electron chi connectivity index (χ3n) is 2.18. The van der Waals surface area contributed by atoms with Gasteiger partial charge >= 0.3 is 12.1 Å². The number of hydrogen-bond donors (Lipinski definition) is 2. The van der Waals surface area contributed by atoms with E-state index in [0.29, 0.717) is 0 Å². The predicted molar refractivity (Wildman–Crippen MR) is 69.4 cm³/mol. The molecular formula is C12H12F3N3O3. The predicted octanol–water partition coefficient (Wildman–Crippen LogP) is 2.50. The molecule has 0 aliphatic heterocycles. The first-order valence-corrected chi connectivity index (χ1v) is 5.74. The number of hydrogen-bond acceptors (Lipinski definition) is 6. The van der Waals surface area contributed by atoms with Gasteiger partial charge in [-0.15, -0.1) is 0 Å². The van der Waals surface area contributed by atoms with E-state index in [1.165, 1.54) is 0 Å². The fourth-order valence-electron chi connectivity index (χ4n) is 1.25. The van der Waals surface area contributed by atoms with Crippen LogP contribution in [0, 0.1) is 0 Å². The van der Waals surface area contributed by atoms with E-state index < -0.39 is 17.7 Å². The van der Waals surface area contributed by atoms with E-state index >= 15 is 0 Å². The second-order valence-electron chi connectivity index (χ2n) is 3.65. The van der Waals surface area contributed by atoms with E-state index in [1.54, 1.807) is 6.92 Å². The molecule has 0 radical (unpaired) electrons. The van der Waals surface area contributed by atoms with Crippen LogP contribution < -0.4 is 5.43 Å². The van der Waals surface area contributed by atoms with Gasteiger partial charge in [0.15, 0.2) is 5.71 Å². The summed E-state index contributed by atoms with van der Waals surface area (Å²) in [5.41, 5.74) is 1.44. The molecule has 0 aliphatic carbocycles. The van der Waals surface area contributed by atoms with Crippen molar-refractivity contribution >= 4 is 23.6 Å². The van der Waals surface area contributed by atoms with Crippen LogP contribution in [-0.4, -0.2) is 29.7 Å². The summed E-state index contributed by atoms with van der Waals surface area (Å²) in [5, 5.41) is 14.7. The molecule has 114 valence electrons. The number of rotatable bonds is 5. The number of halogens is 3. The average Bonchev–Trinajstić information content (AvgIpc) is 2.43. The van der Waals surface area contributed by atoms with E-state index in [9.17, 15) is 18.0 Å². The molecule has 0 aliphatic rings. The normalized spacial score (nSPS) is 12.5. The van der Waals surface area contributed by atoms with Gasteiger partial charge in [-0.25, -0.2) is 4.79 Å². The van der Waals surface area contributed by atoms with Crippen molar-refractivity contribution in [3.8, 4) is 0 Å². The first-order valence-electron chi connectivity index (χ1n) is 5.74. The standard InChI is InChI=1S/C12H12F3N3O3/c1-2-21-11(19)10(7-16-20)18-17-9-5-3-8(4-6-9)12(13,14)15/h3-7,17,20H,2H2,1H3/b16-7-,18-10-. The summed E-state index contributed by atoms with van der Waals surface area (Å²) in [6.07, 6.45) is -3.68. The van der Waals surface area contributed by atoms with Gasteiger partial charge in [-0.3, -0.25) is 5.43 Å². The Morgan fingerprint density at radius 2 is 2.00 bits per heavy atom. The molecule has 0 amide bonds.